The van der Waals surface area contributed by atoms with E-state index in [4.69, 9.17) is 9.47 Å². The number of hydrogen-bond donors (Lipinski definition) is 0. The summed E-state index contributed by atoms with van der Waals surface area (Å²) in [5, 5.41) is 0. The molecule has 2 aliphatic rings. The monoisotopic (exact) mass is 493 g/mol. The number of piperazine rings is 1. The molecule has 1 saturated heterocycles. The lowest BCUT2D eigenvalue weighted by Crippen LogP contribution is -2.52. The highest BCUT2D eigenvalue weighted by atomic mass is 16.5. The van der Waals surface area contributed by atoms with Gasteiger partial charge in [0, 0.05) is 52.8 Å². The molecule has 2 aromatic rings. The number of carbonyl (C=O) groups excluding carboxylic acids is 2. The number of amides is 2. The van der Waals surface area contributed by atoms with Crippen molar-refractivity contribution < 1.29 is 19.1 Å². The Morgan fingerprint density at radius 2 is 1.83 bits per heavy atom. The van der Waals surface area contributed by atoms with Crippen LogP contribution in [-0.2, 0) is 20.7 Å². The molecule has 2 amide bonds. The Morgan fingerprint density at radius 3 is 2.53 bits per heavy atom. The summed E-state index contributed by atoms with van der Waals surface area (Å²) in [7, 11) is 1.71. The second-order valence-corrected chi connectivity index (χ2v) is 9.79. The number of hydrogen-bond acceptors (Lipinski definition) is 5. The zero-order chi connectivity index (χ0) is 25.7. The van der Waals surface area contributed by atoms with Crippen LogP contribution in [0.15, 0.2) is 42.5 Å². The second-order valence-electron chi connectivity index (χ2n) is 9.79. The Labute approximate surface area is 215 Å². The molecule has 36 heavy (non-hydrogen) atoms. The topological polar surface area (TPSA) is 62.3 Å². The van der Waals surface area contributed by atoms with Gasteiger partial charge in [0.25, 0.3) is 5.91 Å². The highest BCUT2D eigenvalue weighted by molar-refractivity contribution is 5.81. The smallest absolute Gasteiger partial charge is 0.263 e. The predicted molar refractivity (Wildman–Crippen MR) is 140 cm³/mol. The molecule has 0 aromatic heterocycles. The number of methoxy groups -OCH3 is 1. The molecule has 0 N–H and O–H groups in total. The van der Waals surface area contributed by atoms with Gasteiger partial charge >= 0.3 is 0 Å². The van der Waals surface area contributed by atoms with Crippen molar-refractivity contribution in [1.29, 1.82) is 0 Å². The first kappa shape index (κ1) is 26.2. The summed E-state index contributed by atoms with van der Waals surface area (Å²) in [5.41, 5.74) is 4.57. The molecule has 1 fully saturated rings. The lowest BCUT2D eigenvalue weighted by atomic mass is 9.87. The lowest BCUT2D eigenvalue weighted by Gasteiger charge is -2.38. The van der Waals surface area contributed by atoms with Crippen LogP contribution in [0.5, 0.6) is 5.75 Å². The molecule has 194 valence electrons. The lowest BCUT2D eigenvalue weighted by molar-refractivity contribution is -0.139. The summed E-state index contributed by atoms with van der Waals surface area (Å²) in [6, 6.07) is 14.3. The maximum atomic E-state index is 13.1. The molecule has 7 nitrogen and oxygen atoms in total. The van der Waals surface area contributed by atoms with Gasteiger partial charge in [-0.05, 0) is 49.1 Å². The molecule has 2 atom stereocenters. The molecule has 2 aliphatic heterocycles. The summed E-state index contributed by atoms with van der Waals surface area (Å²) in [6.07, 6.45) is 0.701. The van der Waals surface area contributed by atoms with Crippen molar-refractivity contribution in [3.05, 3.63) is 64.7 Å². The Balaban J connectivity index is 1.51. The van der Waals surface area contributed by atoms with Gasteiger partial charge in [0.15, 0.2) is 6.10 Å². The van der Waals surface area contributed by atoms with Gasteiger partial charge in [-0.25, -0.2) is 0 Å². The van der Waals surface area contributed by atoms with Crippen LogP contribution >= 0.6 is 0 Å². The van der Waals surface area contributed by atoms with Crippen LogP contribution in [0, 0.1) is 6.92 Å². The van der Waals surface area contributed by atoms with Gasteiger partial charge in [0.05, 0.1) is 12.6 Å². The standard InChI is InChI=1S/C29H39N3O4/c1-5-27(33)32-12-11-23-9-10-25(20-26(23)28(32)24-8-6-7-21(2)19-24)36-22(3)29(34)31-15-13-30(14-16-31)17-18-35-4/h6-10,19-20,22,28H,5,11-18H2,1-4H3. The van der Waals surface area contributed by atoms with Crippen molar-refractivity contribution in [3.63, 3.8) is 0 Å². The number of benzene rings is 2. The highest BCUT2D eigenvalue weighted by Gasteiger charge is 2.32. The molecule has 2 unspecified atom stereocenters. The minimum atomic E-state index is -0.581. The third-order valence-electron chi connectivity index (χ3n) is 7.28. The van der Waals surface area contributed by atoms with Crippen molar-refractivity contribution in [3.8, 4) is 5.75 Å². The number of rotatable bonds is 8. The fourth-order valence-electron chi connectivity index (χ4n) is 5.26. The van der Waals surface area contributed by atoms with Gasteiger partial charge in [-0.15, -0.1) is 0 Å². The zero-order valence-corrected chi connectivity index (χ0v) is 22.0. The number of aryl methyl sites for hydroxylation is 1. The Bertz CT molecular complexity index is 1060. The summed E-state index contributed by atoms with van der Waals surface area (Å²) >= 11 is 0. The van der Waals surface area contributed by atoms with Crippen molar-refractivity contribution in [2.24, 2.45) is 0 Å². The van der Waals surface area contributed by atoms with E-state index in [0.29, 0.717) is 38.4 Å². The van der Waals surface area contributed by atoms with Crippen molar-refractivity contribution in [2.45, 2.75) is 45.8 Å². The molecule has 0 radical (unpaired) electrons. The quantitative estimate of drug-likeness (QED) is 0.564. The van der Waals surface area contributed by atoms with E-state index < -0.39 is 6.10 Å². The minimum Gasteiger partial charge on any atom is -0.481 e. The molecular weight excluding hydrogens is 454 g/mol. The van der Waals surface area contributed by atoms with E-state index in [1.165, 1.54) is 5.56 Å². The Morgan fingerprint density at radius 1 is 1.06 bits per heavy atom. The van der Waals surface area contributed by atoms with Gasteiger partial charge in [-0.3, -0.25) is 14.5 Å². The van der Waals surface area contributed by atoms with E-state index in [9.17, 15) is 9.59 Å². The van der Waals surface area contributed by atoms with Crippen molar-refractivity contribution >= 4 is 11.8 Å². The number of nitrogens with zero attached hydrogens (tertiary/aromatic N) is 3. The van der Waals surface area contributed by atoms with E-state index in [-0.39, 0.29) is 17.9 Å². The predicted octanol–water partition coefficient (Wildman–Crippen LogP) is 3.44. The third kappa shape index (κ3) is 5.90. The van der Waals surface area contributed by atoms with Crippen LogP contribution in [0.2, 0.25) is 0 Å². The zero-order valence-electron chi connectivity index (χ0n) is 22.0. The maximum Gasteiger partial charge on any atom is 0.263 e. The van der Waals surface area contributed by atoms with Gasteiger partial charge in [0.1, 0.15) is 5.75 Å². The molecule has 0 bridgehead atoms. The molecule has 0 spiro atoms. The summed E-state index contributed by atoms with van der Waals surface area (Å²) in [6.45, 7) is 11.2. The van der Waals surface area contributed by atoms with E-state index in [1.807, 2.05) is 41.8 Å². The van der Waals surface area contributed by atoms with Crippen LogP contribution in [-0.4, -0.2) is 85.6 Å². The number of ether oxygens (including phenoxy) is 2. The SMILES string of the molecule is CCC(=O)N1CCc2ccc(OC(C)C(=O)N3CCN(CCOC)CC3)cc2C1c1cccc(C)c1. The first-order chi connectivity index (χ1) is 17.4. The van der Waals surface area contributed by atoms with Crippen LogP contribution < -0.4 is 4.74 Å². The van der Waals surface area contributed by atoms with E-state index >= 15 is 0 Å². The number of carbonyl (C=O) groups is 2. The van der Waals surface area contributed by atoms with Crippen LogP contribution in [0.25, 0.3) is 0 Å². The van der Waals surface area contributed by atoms with Gasteiger partial charge in [-0.2, -0.15) is 0 Å². The Kier molecular flexibility index (Phi) is 8.64. The fourth-order valence-corrected chi connectivity index (χ4v) is 5.26. The van der Waals surface area contributed by atoms with Crippen LogP contribution in [0.3, 0.4) is 0 Å². The van der Waals surface area contributed by atoms with Gasteiger partial charge in [0.2, 0.25) is 5.91 Å². The first-order valence-electron chi connectivity index (χ1n) is 13.1. The normalized spacial score (nSPS) is 19.1. The molecule has 0 saturated carbocycles. The average Bonchev–Trinajstić information content (AvgIpc) is 2.90. The van der Waals surface area contributed by atoms with Crippen molar-refractivity contribution in [1.82, 2.24) is 14.7 Å². The fraction of sp³-hybridized carbons (Fsp3) is 0.517. The maximum absolute atomic E-state index is 13.1. The van der Waals surface area contributed by atoms with Crippen LogP contribution in [0.4, 0.5) is 0 Å². The van der Waals surface area contributed by atoms with E-state index in [2.05, 4.69) is 36.1 Å². The van der Waals surface area contributed by atoms with E-state index in [0.717, 1.165) is 42.7 Å². The van der Waals surface area contributed by atoms with E-state index in [1.54, 1.807) is 7.11 Å². The molecule has 7 heteroatoms. The van der Waals surface area contributed by atoms with Gasteiger partial charge < -0.3 is 19.3 Å². The van der Waals surface area contributed by atoms with Gasteiger partial charge in [-0.1, -0.05) is 42.8 Å². The molecule has 0 aliphatic carbocycles. The summed E-state index contributed by atoms with van der Waals surface area (Å²) in [5.74, 6) is 0.820. The minimum absolute atomic E-state index is 0.0112. The number of fused-ring (bicyclic) bond motifs is 1. The molecule has 2 heterocycles. The third-order valence-corrected chi connectivity index (χ3v) is 7.28. The molecule has 2 aromatic carbocycles. The molecule has 4 rings (SSSR count). The Hall–Kier alpha value is -2.90. The second kappa shape index (κ2) is 11.9. The first-order valence-corrected chi connectivity index (χ1v) is 13.1. The van der Waals surface area contributed by atoms with Crippen LogP contribution in [0.1, 0.15) is 48.6 Å². The molecular formula is C29H39N3O4. The summed E-state index contributed by atoms with van der Waals surface area (Å²) in [4.78, 5) is 32.2. The van der Waals surface area contributed by atoms with Crippen molar-refractivity contribution in [2.75, 3.05) is 53.0 Å². The largest absolute Gasteiger partial charge is 0.481 e. The average molecular weight is 494 g/mol. The highest BCUT2D eigenvalue weighted by Crippen LogP contribution is 2.38. The summed E-state index contributed by atoms with van der Waals surface area (Å²) < 4.78 is 11.4.